The Balaban J connectivity index is 1.98. The van der Waals surface area contributed by atoms with Crippen LogP contribution in [0.1, 0.15) is 6.92 Å². The van der Waals surface area contributed by atoms with E-state index in [4.69, 9.17) is 0 Å². The van der Waals surface area contributed by atoms with Crippen molar-refractivity contribution >= 4 is 22.9 Å². The highest BCUT2D eigenvalue weighted by atomic mass is 16.3. The first-order valence-corrected chi connectivity index (χ1v) is 7.54. The summed E-state index contributed by atoms with van der Waals surface area (Å²) in [5, 5.41) is 31.8. The van der Waals surface area contributed by atoms with Crippen LogP contribution < -0.4 is 5.32 Å². The highest BCUT2D eigenvalue weighted by molar-refractivity contribution is 6.24. The Bertz CT molecular complexity index is 907. The van der Waals surface area contributed by atoms with E-state index in [1.54, 1.807) is 31.2 Å². The minimum absolute atomic E-state index is 0.115. The second kappa shape index (κ2) is 6.52. The van der Waals surface area contributed by atoms with Gasteiger partial charge in [0, 0.05) is 17.3 Å². The third-order valence-electron chi connectivity index (χ3n) is 3.71. The van der Waals surface area contributed by atoms with Crippen LogP contribution in [-0.2, 0) is 4.79 Å². The molecule has 1 aliphatic rings. The number of nitrogens with zero attached hydrogens (tertiary/aromatic N) is 1. The van der Waals surface area contributed by atoms with Gasteiger partial charge in [0.2, 0.25) is 5.78 Å². The molecule has 6 heteroatoms. The lowest BCUT2D eigenvalue weighted by molar-refractivity contribution is -0.111. The summed E-state index contributed by atoms with van der Waals surface area (Å²) >= 11 is 0. The lowest BCUT2D eigenvalue weighted by Gasteiger charge is -2.18. The fraction of sp³-hybridized carbons (Fsp3) is 0.0526. The fourth-order valence-corrected chi connectivity index (χ4v) is 2.40. The highest BCUT2D eigenvalue weighted by Gasteiger charge is 2.24. The topological polar surface area (TPSA) is 102 Å². The zero-order valence-corrected chi connectivity index (χ0v) is 13.4. The van der Waals surface area contributed by atoms with Crippen LogP contribution in [0.3, 0.4) is 0 Å². The number of carbonyl (C=O) groups is 1. The van der Waals surface area contributed by atoms with Gasteiger partial charge >= 0.3 is 0 Å². The van der Waals surface area contributed by atoms with Crippen LogP contribution in [0.5, 0.6) is 11.5 Å². The van der Waals surface area contributed by atoms with E-state index in [0.29, 0.717) is 22.6 Å². The van der Waals surface area contributed by atoms with Crippen LogP contribution in [0, 0.1) is 0 Å². The molecule has 0 spiro atoms. The molecule has 3 rings (SSSR count). The quantitative estimate of drug-likeness (QED) is 0.507. The van der Waals surface area contributed by atoms with E-state index in [9.17, 15) is 20.1 Å². The number of aliphatic imine (C=N–C) groups is 1. The van der Waals surface area contributed by atoms with Crippen LogP contribution in [0.25, 0.3) is 0 Å². The fourth-order valence-electron chi connectivity index (χ4n) is 2.40. The monoisotopic (exact) mass is 336 g/mol. The summed E-state index contributed by atoms with van der Waals surface area (Å²) in [6.45, 7) is 1.68. The number of ketones is 1. The molecule has 0 aliphatic heterocycles. The number of anilines is 1. The third-order valence-corrected chi connectivity index (χ3v) is 3.71. The van der Waals surface area contributed by atoms with Crippen molar-refractivity contribution in [2.75, 3.05) is 5.32 Å². The molecule has 2 aromatic carbocycles. The Morgan fingerprint density at radius 1 is 0.880 bits per heavy atom. The van der Waals surface area contributed by atoms with Crippen LogP contribution in [0.4, 0.5) is 11.4 Å². The number of nitrogens with one attached hydrogen (secondary N) is 1. The number of aliphatic hydroxyl groups is 1. The first-order valence-electron chi connectivity index (χ1n) is 7.54. The van der Waals surface area contributed by atoms with Crippen molar-refractivity contribution < 1.29 is 20.1 Å². The van der Waals surface area contributed by atoms with Gasteiger partial charge in [0.1, 0.15) is 23.0 Å². The van der Waals surface area contributed by atoms with Crippen molar-refractivity contribution in [3.63, 3.8) is 0 Å². The molecule has 4 N–H and O–H groups in total. The Morgan fingerprint density at radius 2 is 1.44 bits per heavy atom. The molecule has 0 aromatic heterocycles. The number of aromatic hydroxyl groups is 2. The van der Waals surface area contributed by atoms with Gasteiger partial charge in [-0.25, -0.2) is 4.99 Å². The van der Waals surface area contributed by atoms with Crippen LogP contribution in [-0.4, -0.2) is 26.8 Å². The molecule has 1 aliphatic carbocycles. The lowest BCUT2D eigenvalue weighted by Crippen LogP contribution is -2.22. The average molecular weight is 336 g/mol. The van der Waals surface area contributed by atoms with E-state index in [0.717, 1.165) is 6.08 Å². The van der Waals surface area contributed by atoms with E-state index in [1.807, 2.05) is 0 Å². The molecular formula is C19H16N2O4. The molecule has 0 bridgehead atoms. The zero-order valence-electron chi connectivity index (χ0n) is 13.4. The molecular weight excluding hydrogens is 320 g/mol. The Kier molecular flexibility index (Phi) is 4.26. The minimum Gasteiger partial charge on any atom is -0.508 e. The van der Waals surface area contributed by atoms with Crippen LogP contribution in [0.15, 0.2) is 76.6 Å². The van der Waals surface area contributed by atoms with Gasteiger partial charge in [0.15, 0.2) is 0 Å². The van der Waals surface area contributed by atoms with E-state index in [2.05, 4.69) is 10.3 Å². The predicted molar refractivity (Wildman–Crippen MR) is 95.4 cm³/mol. The molecule has 0 unspecified atom stereocenters. The van der Waals surface area contributed by atoms with Gasteiger partial charge < -0.3 is 20.6 Å². The van der Waals surface area contributed by atoms with Crippen molar-refractivity contribution in [2.45, 2.75) is 6.92 Å². The van der Waals surface area contributed by atoms with Crippen molar-refractivity contribution in [2.24, 2.45) is 4.99 Å². The first-order chi connectivity index (χ1) is 11.9. The molecule has 0 saturated heterocycles. The number of hydrogen-bond acceptors (Lipinski definition) is 6. The van der Waals surface area contributed by atoms with E-state index >= 15 is 0 Å². The number of phenolic OH excluding ortho intramolecular Hbond substituents is 2. The summed E-state index contributed by atoms with van der Waals surface area (Å²) < 4.78 is 0. The average Bonchev–Trinajstić information content (AvgIpc) is 2.59. The predicted octanol–water partition coefficient (Wildman–Crippen LogP) is 3.58. The molecule has 25 heavy (non-hydrogen) atoms. The molecule has 6 nitrogen and oxygen atoms in total. The van der Waals surface area contributed by atoms with Gasteiger partial charge in [-0.1, -0.05) is 0 Å². The van der Waals surface area contributed by atoms with Gasteiger partial charge in [-0.15, -0.1) is 0 Å². The molecule has 0 atom stereocenters. The maximum atomic E-state index is 12.2. The van der Waals surface area contributed by atoms with Gasteiger partial charge in [-0.3, -0.25) is 4.79 Å². The summed E-state index contributed by atoms with van der Waals surface area (Å²) in [6, 6.07) is 12.5. The SMILES string of the molecule is CC1=C(Nc2ccc(O)cc2)C(=O)C=C(O)/C1=N/c1ccc(O)cc1. The Labute approximate surface area is 144 Å². The molecule has 126 valence electrons. The first kappa shape index (κ1) is 16.3. The number of allylic oxidation sites excluding steroid dienone is 2. The number of rotatable bonds is 3. The summed E-state index contributed by atoms with van der Waals surface area (Å²) in [7, 11) is 0. The van der Waals surface area contributed by atoms with Crippen molar-refractivity contribution in [1.82, 2.24) is 0 Å². The number of hydrogen-bond donors (Lipinski definition) is 4. The van der Waals surface area contributed by atoms with Crippen molar-refractivity contribution in [3.05, 3.63) is 71.6 Å². The van der Waals surface area contributed by atoms with Gasteiger partial charge in [-0.2, -0.15) is 0 Å². The smallest absolute Gasteiger partial charge is 0.206 e. The summed E-state index contributed by atoms with van der Waals surface area (Å²) in [4.78, 5) is 16.6. The van der Waals surface area contributed by atoms with E-state index in [-0.39, 0.29) is 28.8 Å². The van der Waals surface area contributed by atoms with Crippen LogP contribution >= 0.6 is 0 Å². The summed E-state index contributed by atoms with van der Waals surface area (Å²) in [5.74, 6) is -0.345. The number of aliphatic hydroxyl groups excluding tert-OH is 1. The second-order valence-electron chi connectivity index (χ2n) is 5.54. The highest BCUT2D eigenvalue weighted by Crippen LogP contribution is 2.25. The lowest BCUT2D eigenvalue weighted by atomic mass is 9.98. The third kappa shape index (κ3) is 3.53. The Morgan fingerprint density at radius 3 is 2.04 bits per heavy atom. The molecule has 0 fully saturated rings. The second-order valence-corrected chi connectivity index (χ2v) is 5.54. The van der Waals surface area contributed by atoms with Crippen LogP contribution in [0.2, 0.25) is 0 Å². The van der Waals surface area contributed by atoms with Gasteiger partial charge in [0.05, 0.1) is 11.4 Å². The summed E-state index contributed by atoms with van der Waals surface area (Å²) in [6.07, 6.45) is 1.11. The van der Waals surface area contributed by atoms with Gasteiger partial charge in [-0.05, 0) is 55.5 Å². The molecule has 0 saturated carbocycles. The molecule has 2 aromatic rings. The maximum absolute atomic E-state index is 12.2. The van der Waals surface area contributed by atoms with Gasteiger partial charge in [0.25, 0.3) is 0 Å². The van der Waals surface area contributed by atoms with E-state index < -0.39 is 0 Å². The number of carbonyl (C=O) groups excluding carboxylic acids is 1. The Hall–Kier alpha value is -3.54. The van der Waals surface area contributed by atoms with Crippen molar-refractivity contribution in [3.8, 4) is 11.5 Å². The molecule has 0 radical (unpaired) electrons. The minimum atomic E-state index is -0.368. The largest absolute Gasteiger partial charge is 0.508 e. The summed E-state index contributed by atoms with van der Waals surface area (Å²) in [5.41, 5.74) is 2.21. The maximum Gasteiger partial charge on any atom is 0.206 e. The van der Waals surface area contributed by atoms with E-state index in [1.165, 1.54) is 24.3 Å². The molecule has 0 amide bonds. The normalized spacial score (nSPS) is 16.1. The van der Waals surface area contributed by atoms with Crippen molar-refractivity contribution in [1.29, 1.82) is 0 Å². The number of phenols is 2. The molecule has 0 heterocycles. The number of benzene rings is 2. The standard InChI is InChI=1S/C19H16N2O4/c1-11-18(20-12-2-6-14(22)7-3-12)16(24)10-17(25)19(11)21-13-4-8-15(23)9-5-13/h2-10,20,22-23,25H,1H3/b21-19+. The zero-order chi connectivity index (χ0) is 18.0.